The van der Waals surface area contributed by atoms with Gasteiger partial charge in [-0.05, 0) is 23.7 Å². The summed E-state index contributed by atoms with van der Waals surface area (Å²) in [5.41, 5.74) is 0. The number of carbonyl (C=O) groups excluding carboxylic acids is 1. The fraction of sp³-hybridized carbons (Fsp3) is 0.974. The molecule has 0 aliphatic heterocycles. The van der Waals surface area contributed by atoms with E-state index in [-0.39, 0.29) is 5.97 Å². The van der Waals surface area contributed by atoms with Gasteiger partial charge in [0, 0.05) is 13.0 Å². The Labute approximate surface area is 324 Å². The summed E-state index contributed by atoms with van der Waals surface area (Å²) < 4.78 is 61.4. The zero-order valence-electron chi connectivity index (χ0n) is 32.2. The van der Waals surface area contributed by atoms with Crippen LogP contribution in [-0.2, 0) is 56.9 Å². The molecule has 0 spiro atoms. The molecule has 0 amide bonds. The second-order valence-electron chi connectivity index (χ2n) is 12.0. The van der Waals surface area contributed by atoms with Gasteiger partial charge in [-0.25, -0.2) is 0 Å². The van der Waals surface area contributed by atoms with E-state index in [1.807, 2.05) is 0 Å². The number of carbonyl (C=O) groups is 1. The van der Waals surface area contributed by atoms with Crippen molar-refractivity contribution in [3.63, 3.8) is 0 Å². The Morgan fingerprint density at radius 1 is 0.333 bits per heavy atom. The van der Waals surface area contributed by atoms with Crippen LogP contribution in [0, 0.1) is 0 Å². The Bertz CT molecular complexity index is 650. The summed E-state index contributed by atoms with van der Waals surface area (Å²) in [6, 6.07) is 0. The topological polar surface area (TPSA) is 119 Å². The van der Waals surface area contributed by atoms with Gasteiger partial charge in [0.25, 0.3) is 0 Å². The number of hydrogen-bond donors (Lipinski definition) is 0. The first-order valence-electron chi connectivity index (χ1n) is 19.8. The number of hydrogen-bond acceptors (Lipinski definition) is 12. The number of esters is 1. The van der Waals surface area contributed by atoms with Crippen molar-refractivity contribution in [1.29, 1.82) is 0 Å². The van der Waals surface area contributed by atoms with Gasteiger partial charge in [0.1, 0.15) is 6.61 Å². The largest absolute Gasteiger partial charge is 0.463 e. The van der Waals surface area contributed by atoms with Gasteiger partial charge in [-0.15, -0.1) is 0 Å². The van der Waals surface area contributed by atoms with Crippen molar-refractivity contribution in [3.8, 4) is 0 Å². The molecule has 51 heavy (non-hydrogen) atoms. The standard InChI is InChI=1S/C38H75IO12/c1-2-3-4-5-6-7-8-9-12-15-38(40)51-37-36-50-35-34-49-33-32-48-31-30-47-29-28-46-27-26-45-25-24-44-23-22-43-21-20-42-19-18-41-17-14-11-10-13-16-39/h2-37H2,1H3. The minimum atomic E-state index is -0.134. The third kappa shape index (κ3) is 47.8. The van der Waals surface area contributed by atoms with Crippen LogP contribution in [0.4, 0.5) is 0 Å². The summed E-state index contributed by atoms with van der Waals surface area (Å²) in [6.07, 6.45) is 16.6. The molecule has 306 valence electrons. The molecule has 0 aromatic heterocycles. The summed E-state index contributed by atoms with van der Waals surface area (Å²) in [6.45, 7) is 13.2. The lowest BCUT2D eigenvalue weighted by molar-refractivity contribution is -0.145. The Balaban J connectivity index is 3.10. The van der Waals surface area contributed by atoms with Crippen molar-refractivity contribution < 1.29 is 56.9 Å². The van der Waals surface area contributed by atoms with Crippen molar-refractivity contribution in [3.05, 3.63) is 0 Å². The van der Waals surface area contributed by atoms with E-state index in [4.69, 9.17) is 52.1 Å². The third-order valence-corrected chi connectivity index (χ3v) is 8.26. The van der Waals surface area contributed by atoms with E-state index in [1.165, 1.54) is 68.6 Å². The maximum absolute atomic E-state index is 11.8. The normalized spacial score (nSPS) is 11.5. The number of unbranched alkanes of at least 4 members (excludes halogenated alkanes) is 11. The Morgan fingerprint density at radius 3 is 0.961 bits per heavy atom. The van der Waals surface area contributed by atoms with E-state index in [1.54, 1.807) is 0 Å². The molecule has 0 aliphatic carbocycles. The molecule has 0 rings (SSSR count). The highest BCUT2D eigenvalue weighted by molar-refractivity contribution is 14.1. The fourth-order valence-corrected chi connectivity index (χ4v) is 5.14. The van der Waals surface area contributed by atoms with Crippen molar-refractivity contribution in [2.45, 2.75) is 96.8 Å². The molecule has 12 nitrogen and oxygen atoms in total. The van der Waals surface area contributed by atoms with Crippen LogP contribution in [-0.4, -0.2) is 149 Å². The number of halogens is 1. The maximum Gasteiger partial charge on any atom is 0.305 e. The molecule has 0 radical (unpaired) electrons. The second-order valence-corrected chi connectivity index (χ2v) is 13.1. The van der Waals surface area contributed by atoms with Crippen LogP contribution in [0.2, 0.25) is 0 Å². The lowest BCUT2D eigenvalue weighted by Crippen LogP contribution is -2.15. The van der Waals surface area contributed by atoms with Gasteiger partial charge < -0.3 is 52.1 Å². The van der Waals surface area contributed by atoms with Gasteiger partial charge in [-0.2, -0.15) is 0 Å². The summed E-state index contributed by atoms with van der Waals surface area (Å²) in [4.78, 5) is 11.8. The molecule has 0 aromatic rings. The van der Waals surface area contributed by atoms with Gasteiger partial charge in [0.05, 0.1) is 126 Å². The Hall–Kier alpha value is -0.200. The van der Waals surface area contributed by atoms with Crippen LogP contribution in [0.25, 0.3) is 0 Å². The SMILES string of the molecule is CCCCCCCCCCCC(=O)OCCOCCOCCOCCOCCOCCOCCOCCOCCOCCOCCCCCCI. The van der Waals surface area contributed by atoms with Crippen molar-refractivity contribution in [1.82, 2.24) is 0 Å². The van der Waals surface area contributed by atoms with Gasteiger partial charge in [-0.3, -0.25) is 4.79 Å². The molecule has 0 N–H and O–H groups in total. The highest BCUT2D eigenvalue weighted by Gasteiger charge is 2.03. The first-order chi connectivity index (χ1) is 25.3. The first-order valence-corrected chi connectivity index (χ1v) is 21.3. The summed E-state index contributed by atoms with van der Waals surface area (Å²) in [5.74, 6) is -0.134. The number of alkyl halides is 1. The first kappa shape index (κ1) is 50.8. The zero-order chi connectivity index (χ0) is 36.8. The van der Waals surface area contributed by atoms with E-state index in [9.17, 15) is 4.79 Å². The Kier molecular flexibility index (Phi) is 47.6. The predicted octanol–water partition coefficient (Wildman–Crippen LogP) is 6.61. The molecule has 0 aliphatic rings. The Morgan fingerprint density at radius 2 is 0.608 bits per heavy atom. The van der Waals surface area contributed by atoms with Crippen LogP contribution in [0.5, 0.6) is 0 Å². The number of rotatable bonds is 46. The molecule has 0 unspecified atom stereocenters. The molecule has 0 aromatic carbocycles. The molecule has 13 heteroatoms. The molecule has 0 atom stereocenters. The minimum Gasteiger partial charge on any atom is -0.463 e. The van der Waals surface area contributed by atoms with Gasteiger partial charge in [0.2, 0.25) is 0 Å². The highest BCUT2D eigenvalue weighted by atomic mass is 127. The summed E-state index contributed by atoms with van der Waals surface area (Å²) in [5, 5.41) is 0. The van der Waals surface area contributed by atoms with E-state index in [0.717, 1.165) is 25.9 Å². The van der Waals surface area contributed by atoms with Gasteiger partial charge >= 0.3 is 5.97 Å². The van der Waals surface area contributed by atoms with Crippen LogP contribution < -0.4 is 0 Å². The lowest BCUT2D eigenvalue weighted by Gasteiger charge is -2.09. The lowest BCUT2D eigenvalue weighted by atomic mass is 10.1. The van der Waals surface area contributed by atoms with Crippen LogP contribution in [0.15, 0.2) is 0 Å². The van der Waals surface area contributed by atoms with E-state index < -0.39 is 0 Å². The molecule has 0 fully saturated rings. The molecular weight excluding hydrogens is 775 g/mol. The molecule has 0 heterocycles. The van der Waals surface area contributed by atoms with Crippen LogP contribution in [0.1, 0.15) is 96.8 Å². The summed E-state index contributed by atoms with van der Waals surface area (Å²) >= 11 is 2.42. The van der Waals surface area contributed by atoms with Crippen LogP contribution >= 0.6 is 22.6 Å². The van der Waals surface area contributed by atoms with Crippen molar-refractivity contribution >= 4 is 28.6 Å². The molecule has 0 saturated heterocycles. The van der Waals surface area contributed by atoms with Crippen LogP contribution in [0.3, 0.4) is 0 Å². The van der Waals surface area contributed by atoms with Crippen molar-refractivity contribution in [2.75, 3.05) is 143 Å². The molecular formula is C38H75IO12. The monoisotopic (exact) mass is 850 g/mol. The van der Waals surface area contributed by atoms with Crippen molar-refractivity contribution in [2.24, 2.45) is 0 Å². The zero-order valence-corrected chi connectivity index (χ0v) is 34.4. The minimum absolute atomic E-state index is 0.134. The maximum atomic E-state index is 11.8. The third-order valence-electron chi connectivity index (χ3n) is 7.50. The van der Waals surface area contributed by atoms with Gasteiger partial charge in [0.15, 0.2) is 0 Å². The quantitative estimate of drug-likeness (QED) is 0.0284. The highest BCUT2D eigenvalue weighted by Crippen LogP contribution is 2.10. The predicted molar refractivity (Wildman–Crippen MR) is 208 cm³/mol. The average molecular weight is 851 g/mol. The fourth-order valence-electron chi connectivity index (χ4n) is 4.60. The summed E-state index contributed by atoms with van der Waals surface area (Å²) in [7, 11) is 0. The van der Waals surface area contributed by atoms with Gasteiger partial charge in [-0.1, -0.05) is 93.7 Å². The van der Waals surface area contributed by atoms with E-state index >= 15 is 0 Å². The number of ether oxygens (including phenoxy) is 11. The second kappa shape index (κ2) is 47.8. The van der Waals surface area contributed by atoms with E-state index in [2.05, 4.69) is 29.5 Å². The smallest absolute Gasteiger partial charge is 0.305 e. The average Bonchev–Trinajstić information content (AvgIpc) is 3.14. The van der Waals surface area contributed by atoms with E-state index in [0.29, 0.717) is 139 Å². The molecule has 0 bridgehead atoms. The molecule has 0 saturated carbocycles.